The van der Waals surface area contributed by atoms with Gasteiger partial charge in [-0.05, 0) is 69.2 Å². The zero-order valence-electron chi connectivity index (χ0n) is 20.6. The van der Waals surface area contributed by atoms with Gasteiger partial charge in [0.2, 0.25) is 0 Å². The molecule has 0 aromatic carbocycles. The topological polar surface area (TPSA) is 115 Å². The van der Waals surface area contributed by atoms with Gasteiger partial charge in [-0.3, -0.25) is 9.78 Å². The van der Waals surface area contributed by atoms with Crippen molar-refractivity contribution in [1.82, 2.24) is 19.9 Å². The van der Waals surface area contributed by atoms with Gasteiger partial charge in [-0.1, -0.05) is 12.8 Å². The number of nitriles is 1. The molecular formula is C27H31FN6O2. The molecule has 3 aromatic heterocycles. The maximum atomic E-state index is 14.3. The highest BCUT2D eigenvalue weighted by Crippen LogP contribution is 2.54. The summed E-state index contributed by atoms with van der Waals surface area (Å²) in [5, 5.41) is 29.5. The number of nitrogens with one attached hydrogen (secondary N) is 2. The first-order valence-electron chi connectivity index (χ1n) is 12.5. The van der Waals surface area contributed by atoms with Crippen LogP contribution in [0.25, 0.3) is 16.9 Å². The summed E-state index contributed by atoms with van der Waals surface area (Å²) in [4.78, 5) is 17.6. The molecule has 2 aliphatic rings. The smallest absolute Gasteiger partial charge is 0.255 e. The zero-order valence-corrected chi connectivity index (χ0v) is 20.6. The molecular weight excluding hydrogens is 459 g/mol. The molecule has 3 heterocycles. The lowest BCUT2D eigenvalue weighted by Gasteiger charge is -2.46. The lowest BCUT2D eigenvalue weighted by atomic mass is 9.64. The highest BCUT2D eigenvalue weighted by molar-refractivity contribution is 6.00. The summed E-state index contributed by atoms with van der Waals surface area (Å²) in [5.74, 6) is -0.449. The Hall–Kier alpha value is -3.51. The van der Waals surface area contributed by atoms with Crippen molar-refractivity contribution in [1.29, 1.82) is 5.26 Å². The van der Waals surface area contributed by atoms with Crippen molar-refractivity contribution in [2.24, 2.45) is 5.41 Å². The van der Waals surface area contributed by atoms with E-state index >= 15 is 0 Å². The van der Waals surface area contributed by atoms with E-state index in [-0.39, 0.29) is 12.6 Å². The Bertz CT molecular complexity index is 1320. The maximum Gasteiger partial charge on any atom is 0.255 e. The van der Waals surface area contributed by atoms with Crippen LogP contribution in [-0.2, 0) is 0 Å². The summed E-state index contributed by atoms with van der Waals surface area (Å²) < 4.78 is 16.0. The number of aliphatic hydroxyl groups is 1. The van der Waals surface area contributed by atoms with Crippen LogP contribution >= 0.6 is 0 Å². The van der Waals surface area contributed by atoms with E-state index in [9.17, 15) is 14.3 Å². The number of anilines is 1. The van der Waals surface area contributed by atoms with Crippen molar-refractivity contribution in [3.63, 3.8) is 0 Å². The summed E-state index contributed by atoms with van der Waals surface area (Å²) in [7, 11) is 0. The SMILES string of the molecule is CC(C)(O)[C@H](F)CNC(=O)c1cnc(-c2ccc3cc(C#N)cnn23)cc1NC1CC2(CCCC2)C1. The van der Waals surface area contributed by atoms with Crippen LogP contribution in [0.3, 0.4) is 0 Å². The van der Waals surface area contributed by atoms with E-state index in [4.69, 9.17) is 5.26 Å². The molecule has 0 aliphatic heterocycles. The number of rotatable bonds is 7. The molecule has 0 radical (unpaired) electrons. The van der Waals surface area contributed by atoms with Crippen LogP contribution in [0.4, 0.5) is 10.1 Å². The molecule has 0 bridgehead atoms. The number of hydrogen-bond acceptors (Lipinski definition) is 6. The zero-order chi connectivity index (χ0) is 25.5. The molecule has 1 amide bonds. The summed E-state index contributed by atoms with van der Waals surface area (Å²) >= 11 is 0. The molecule has 0 unspecified atom stereocenters. The predicted octanol–water partition coefficient (Wildman–Crippen LogP) is 4.24. The number of pyridine rings is 1. The van der Waals surface area contributed by atoms with Gasteiger partial charge in [0.15, 0.2) is 0 Å². The fraction of sp³-hybridized carbons (Fsp3) is 0.481. The summed E-state index contributed by atoms with van der Waals surface area (Å²) in [6.45, 7) is 2.45. The van der Waals surface area contributed by atoms with E-state index < -0.39 is 17.7 Å². The fourth-order valence-corrected chi connectivity index (χ4v) is 5.52. The molecule has 2 fully saturated rings. The van der Waals surface area contributed by atoms with Gasteiger partial charge >= 0.3 is 0 Å². The number of aromatic nitrogens is 3. The third-order valence-electron chi connectivity index (χ3n) is 7.63. The first-order chi connectivity index (χ1) is 17.2. The summed E-state index contributed by atoms with van der Waals surface area (Å²) in [5.41, 5.74) is 2.45. The molecule has 2 saturated carbocycles. The molecule has 1 atom stereocenters. The van der Waals surface area contributed by atoms with Gasteiger partial charge in [0.1, 0.15) is 12.2 Å². The van der Waals surface area contributed by atoms with Gasteiger partial charge in [0.05, 0.1) is 52.1 Å². The quantitative estimate of drug-likeness (QED) is 0.456. The van der Waals surface area contributed by atoms with Gasteiger partial charge in [0, 0.05) is 12.2 Å². The van der Waals surface area contributed by atoms with Crippen molar-refractivity contribution in [3.8, 4) is 17.5 Å². The molecule has 9 heteroatoms. The number of carbonyl (C=O) groups excluding carboxylic acids is 1. The number of alkyl halides is 1. The largest absolute Gasteiger partial charge is 0.387 e. The number of fused-ring (bicyclic) bond motifs is 1. The summed E-state index contributed by atoms with van der Waals surface area (Å²) in [6, 6.07) is 9.68. The Morgan fingerprint density at radius 1 is 1.31 bits per heavy atom. The van der Waals surface area contributed by atoms with Gasteiger partial charge in [-0.25, -0.2) is 8.91 Å². The number of carbonyl (C=O) groups is 1. The Kier molecular flexibility index (Phi) is 6.17. The van der Waals surface area contributed by atoms with E-state index in [1.165, 1.54) is 51.9 Å². The first kappa shape index (κ1) is 24.2. The van der Waals surface area contributed by atoms with Crippen LogP contribution in [0.1, 0.15) is 68.3 Å². The molecule has 36 heavy (non-hydrogen) atoms. The minimum absolute atomic E-state index is 0.260. The van der Waals surface area contributed by atoms with Crippen LogP contribution in [0.15, 0.2) is 36.7 Å². The lowest BCUT2D eigenvalue weighted by molar-refractivity contribution is -0.00177. The fourth-order valence-electron chi connectivity index (χ4n) is 5.52. The van der Waals surface area contributed by atoms with Crippen LogP contribution in [0.5, 0.6) is 0 Å². The van der Waals surface area contributed by atoms with E-state index in [2.05, 4.69) is 26.8 Å². The highest BCUT2D eigenvalue weighted by atomic mass is 19.1. The summed E-state index contributed by atoms with van der Waals surface area (Å²) in [6.07, 6.45) is 8.65. The molecule has 5 rings (SSSR count). The van der Waals surface area contributed by atoms with E-state index in [1.807, 2.05) is 18.2 Å². The van der Waals surface area contributed by atoms with Gasteiger partial charge < -0.3 is 15.7 Å². The third-order valence-corrected chi connectivity index (χ3v) is 7.63. The van der Waals surface area contributed by atoms with Crippen molar-refractivity contribution < 1.29 is 14.3 Å². The number of hydrogen-bond donors (Lipinski definition) is 3. The Balaban J connectivity index is 1.43. The van der Waals surface area contributed by atoms with E-state index in [0.29, 0.717) is 27.9 Å². The lowest BCUT2D eigenvalue weighted by Crippen LogP contribution is -2.44. The van der Waals surface area contributed by atoms with Crippen molar-refractivity contribution >= 4 is 17.1 Å². The van der Waals surface area contributed by atoms with Crippen LogP contribution in [0, 0.1) is 16.7 Å². The van der Waals surface area contributed by atoms with E-state index in [1.54, 1.807) is 10.6 Å². The predicted molar refractivity (Wildman–Crippen MR) is 134 cm³/mol. The molecule has 188 valence electrons. The molecule has 1 spiro atoms. The number of halogens is 1. The van der Waals surface area contributed by atoms with Gasteiger partial charge in [0.25, 0.3) is 5.91 Å². The van der Waals surface area contributed by atoms with Crippen LogP contribution in [0.2, 0.25) is 0 Å². The van der Waals surface area contributed by atoms with E-state index in [0.717, 1.165) is 24.1 Å². The number of nitrogens with zero attached hydrogens (tertiary/aromatic N) is 4. The average molecular weight is 491 g/mol. The van der Waals surface area contributed by atoms with Crippen LogP contribution in [-0.4, -0.2) is 50.0 Å². The molecule has 0 saturated heterocycles. The molecule has 3 N–H and O–H groups in total. The molecule has 8 nitrogen and oxygen atoms in total. The standard InChI is InChI=1S/C27H31FN6O2/c1-26(2,36)24(28)16-31-25(35)20-15-30-22(23-6-5-19-9-17(13-29)14-32-34(19)23)10-21(20)33-18-11-27(12-18)7-3-4-8-27/h5-6,9-10,14-15,18,24,36H,3-4,7-8,11-12,16H2,1-2H3,(H,30,33)(H,31,35)/t24-/m1/s1. The first-order valence-corrected chi connectivity index (χ1v) is 12.5. The van der Waals surface area contributed by atoms with Crippen molar-refractivity contribution in [3.05, 3.63) is 47.8 Å². The number of amides is 1. The Morgan fingerprint density at radius 3 is 2.75 bits per heavy atom. The minimum Gasteiger partial charge on any atom is -0.387 e. The molecule has 3 aromatic rings. The minimum atomic E-state index is -1.60. The van der Waals surface area contributed by atoms with Crippen molar-refractivity contribution in [2.45, 2.75) is 70.2 Å². The average Bonchev–Trinajstić information content (AvgIpc) is 3.48. The monoisotopic (exact) mass is 490 g/mol. The van der Waals surface area contributed by atoms with Crippen LogP contribution < -0.4 is 10.6 Å². The van der Waals surface area contributed by atoms with Crippen molar-refractivity contribution in [2.75, 3.05) is 11.9 Å². The Morgan fingerprint density at radius 2 is 2.06 bits per heavy atom. The molecule has 2 aliphatic carbocycles. The highest BCUT2D eigenvalue weighted by Gasteiger charge is 2.45. The second kappa shape index (κ2) is 9.17. The maximum absolute atomic E-state index is 14.3. The van der Waals surface area contributed by atoms with Gasteiger partial charge in [-0.15, -0.1) is 0 Å². The third kappa shape index (κ3) is 4.65. The Labute approximate surface area is 209 Å². The normalized spacial score (nSPS) is 18.1. The second-order valence-corrected chi connectivity index (χ2v) is 10.8. The van der Waals surface area contributed by atoms with Gasteiger partial charge in [-0.2, -0.15) is 10.4 Å². The second-order valence-electron chi connectivity index (χ2n) is 10.8.